The Bertz CT molecular complexity index is 989. The molecule has 1 aliphatic rings. The Hall–Kier alpha value is -2.98. The van der Waals surface area contributed by atoms with E-state index in [1.54, 1.807) is 18.2 Å². The summed E-state index contributed by atoms with van der Waals surface area (Å²) in [6, 6.07) is 11.9. The molecule has 1 unspecified atom stereocenters. The predicted molar refractivity (Wildman–Crippen MR) is 108 cm³/mol. The molecule has 1 heterocycles. The second-order valence-electron chi connectivity index (χ2n) is 6.73. The van der Waals surface area contributed by atoms with Crippen LogP contribution >= 0.6 is 0 Å². The summed E-state index contributed by atoms with van der Waals surface area (Å²) in [5.74, 6) is -0.330. The molecule has 0 aliphatic carbocycles. The summed E-state index contributed by atoms with van der Waals surface area (Å²) in [6.45, 7) is 1.91. The number of nitro benzene ring substituents is 1. The van der Waals surface area contributed by atoms with Gasteiger partial charge in [0.05, 0.1) is 9.82 Å². The minimum atomic E-state index is -3.76. The molecule has 29 heavy (non-hydrogen) atoms. The van der Waals surface area contributed by atoms with Crippen molar-refractivity contribution in [1.29, 1.82) is 4.78 Å². The highest BCUT2D eigenvalue weighted by Gasteiger charge is 2.22. The third-order valence-corrected chi connectivity index (χ3v) is 6.08. The monoisotopic (exact) mass is 418 g/mol. The zero-order valence-corrected chi connectivity index (χ0v) is 16.4. The maximum Gasteiger partial charge on any atom is 0.293 e. The van der Waals surface area contributed by atoms with E-state index in [9.17, 15) is 19.1 Å². The Labute approximate surface area is 168 Å². The summed E-state index contributed by atoms with van der Waals surface area (Å²) in [6.07, 6.45) is 1.76. The van der Waals surface area contributed by atoms with Gasteiger partial charge in [0.1, 0.15) is 5.69 Å². The van der Waals surface area contributed by atoms with Crippen LogP contribution in [0, 0.1) is 20.8 Å². The maximum absolute atomic E-state index is 12.7. The minimum Gasteiger partial charge on any atom is -0.381 e. The number of benzene rings is 2. The van der Waals surface area contributed by atoms with Gasteiger partial charge in [-0.2, -0.15) is 0 Å². The van der Waals surface area contributed by atoms with Crippen LogP contribution in [0.1, 0.15) is 23.2 Å². The van der Waals surface area contributed by atoms with Crippen LogP contribution in [0.2, 0.25) is 0 Å². The van der Waals surface area contributed by atoms with Gasteiger partial charge < -0.3 is 10.1 Å². The summed E-state index contributed by atoms with van der Waals surface area (Å²) < 4.78 is 28.3. The molecule has 154 valence electrons. The van der Waals surface area contributed by atoms with Gasteiger partial charge in [0.2, 0.25) is 0 Å². The van der Waals surface area contributed by atoms with Crippen molar-refractivity contribution in [3.8, 4) is 0 Å². The fourth-order valence-corrected chi connectivity index (χ4v) is 4.07. The van der Waals surface area contributed by atoms with Crippen molar-refractivity contribution in [2.45, 2.75) is 17.7 Å². The van der Waals surface area contributed by atoms with E-state index in [0.717, 1.165) is 18.9 Å². The van der Waals surface area contributed by atoms with Crippen LogP contribution < -0.4 is 10.0 Å². The van der Waals surface area contributed by atoms with E-state index in [-0.39, 0.29) is 21.8 Å². The molecule has 2 aromatic rings. The number of anilines is 1. The number of nitrogens with one attached hydrogen (secondary N) is 3. The normalized spacial score (nSPS) is 16.6. The van der Waals surface area contributed by atoms with Crippen LogP contribution in [-0.2, 0) is 14.7 Å². The third kappa shape index (κ3) is 5.30. The summed E-state index contributed by atoms with van der Waals surface area (Å²) >= 11 is 0. The van der Waals surface area contributed by atoms with Gasteiger partial charge >= 0.3 is 0 Å². The molecular weight excluding hydrogens is 396 g/mol. The molecule has 1 fully saturated rings. The van der Waals surface area contributed by atoms with Crippen LogP contribution in [-0.4, -0.2) is 34.8 Å². The fraction of sp³-hybridized carbons (Fsp3) is 0.316. The van der Waals surface area contributed by atoms with Crippen LogP contribution in [0.4, 0.5) is 11.4 Å². The molecule has 0 aromatic heterocycles. The van der Waals surface area contributed by atoms with Gasteiger partial charge in [0.15, 0.2) is 9.92 Å². The molecule has 0 radical (unpaired) electrons. The lowest BCUT2D eigenvalue weighted by atomic mass is 10.0. The number of carbonyl (C=O) groups is 1. The van der Waals surface area contributed by atoms with Crippen molar-refractivity contribution in [2.75, 3.05) is 25.1 Å². The zero-order valence-electron chi connectivity index (χ0n) is 15.6. The lowest BCUT2D eigenvalue weighted by molar-refractivity contribution is -0.384. The Morgan fingerprint density at radius 2 is 1.90 bits per heavy atom. The van der Waals surface area contributed by atoms with Gasteiger partial charge in [-0.3, -0.25) is 19.6 Å². The second-order valence-corrected chi connectivity index (χ2v) is 8.51. The lowest BCUT2D eigenvalue weighted by Gasteiger charge is -2.22. The zero-order chi connectivity index (χ0) is 20.9. The highest BCUT2D eigenvalue weighted by molar-refractivity contribution is 7.91. The molecule has 1 saturated heterocycles. The van der Waals surface area contributed by atoms with E-state index in [2.05, 4.69) is 10.0 Å². The molecular formula is C19H22N4O5S. The van der Waals surface area contributed by atoms with Crippen molar-refractivity contribution in [1.82, 2.24) is 4.72 Å². The summed E-state index contributed by atoms with van der Waals surface area (Å²) in [5.41, 5.74) is 0.245. The first-order valence-electron chi connectivity index (χ1n) is 9.13. The molecule has 2 aromatic carbocycles. The molecule has 0 bridgehead atoms. The van der Waals surface area contributed by atoms with Gasteiger partial charge in [0, 0.05) is 31.4 Å². The first kappa shape index (κ1) is 20.7. The molecule has 0 spiro atoms. The Balaban J connectivity index is 1.77. The quantitative estimate of drug-likeness (QED) is 0.467. The molecule has 1 amide bonds. The highest BCUT2D eigenvalue weighted by atomic mass is 32.2. The van der Waals surface area contributed by atoms with Crippen molar-refractivity contribution in [3.05, 3.63) is 64.2 Å². The molecule has 9 nitrogen and oxygen atoms in total. The molecule has 3 rings (SSSR count). The predicted octanol–water partition coefficient (Wildman–Crippen LogP) is 3.18. The number of hydrogen-bond donors (Lipinski definition) is 3. The van der Waals surface area contributed by atoms with E-state index < -0.39 is 20.7 Å². The van der Waals surface area contributed by atoms with Crippen molar-refractivity contribution in [3.63, 3.8) is 0 Å². The third-order valence-electron chi connectivity index (χ3n) is 4.69. The molecule has 1 aliphatic heterocycles. The van der Waals surface area contributed by atoms with Gasteiger partial charge in [-0.15, -0.1) is 0 Å². The average Bonchev–Trinajstić information content (AvgIpc) is 2.73. The van der Waals surface area contributed by atoms with Gasteiger partial charge in [-0.1, -0.05) is 18.2 Å². The van der Waals surface area contributed by atoms with E-state index in [1.165, 1.54) is 24.3 Å². The number of hydrogen-bond acceptors (Lipinski definition) is 7. The number of ether oxygens (including phenoxy) is 1. The first-order chi connectivity index (χ1) is 13.9. The van der Waals surface area contributed by atoms with E-state index in [1.807, 2.05) is 0 Å². The van der Waals surface area contributed by atoms with Crippen LogP contribution in [0.3, 0.4) is 0 Å². The van der Waals surface area contributed by atoms with Crippen LogP contribution in [0.25, 0.3) is 0 Å². The Kier molecular flexibility index (Phi) is 6.45. The number of rotatable bonds is 7. The standard InChI is InChI=1S/C19H22N4O5S/c20-29(27,22-19(24)15-4-2-1-3-5-15)16-6-7-17(18(12-16)23(25)26)21-13-14-8-10-28-11-9-14/h1-7,12,14,21H,8-11,13H2,(H2,20,22,24,27). The van der Waals surface area contributed by atoms with Crippen molar-refractivity contribution < 1.29 is 18.7 Å². The maximum atomic E-state index is 12.7. The fourth-order valence-electron chi connectivity index (χ4n) is 3.03. The average molecular weight is 418 g/mol. The molecule has 10 heteroatoms. The molecule has 1 atom stereocenters. The Morgan fingerprint density at radius 3 is 2.55 bits per heavy atom. The SMILES string of the molecule is N=S(=O)(NC(=O)c1ccccc1)c1ccc(NCC2CCOCC2)c([N+](=O)[O-])c1. The summed E-state index contributed by atoms with van der Waals surface area (Å²) in [5, 5.41) is 14.6. The van der Waals surface area contributed by atoms with E-state index in [4.69, 9.17) is 9.52 Å². The highest BCUT2D eigenvalue weighted by Crippen LogP contribution is 2.28. The lowest BCUT2D eigenvalue weighted by Crippen LogP contribution is -2.29. The van der Waals surface area contributed by atoms with Crippen LogP contribution in [0.5, 0.6) is 0 Å². The van der Waals surface area contributed by atoms with Crippen molar-refractivity contribution in [2.24, 2.45) is 5.92 Å². The number of nitro groups is 1. The number of nitrogens with zero attached hydrogens (tertiary/aromatic N) is 1. The smallest absolute Gasteiger partial charge is 0.293 e. The first-order valence-corrected chi connectivity index (χ1v) is 10.7. The Morgan fingerprint density at radius 1 is 1.21 bits per heavy atom. The topological polar surface area (TPSA) is 134 Å². The van der Waals surface area contributed by atoms with E-state index >= 15 is 0 Å². The van der Waals surface area contributed by atoms with Gasteiger partial charge in [-0.25, -0.2) is 8.99 Å². The molecule has 0 saturated carbocycles. The number of carbonyl (C=O) groups excluding carboxylic acids is 1. The summed E-state index contributed by atoms with van der Waals surface area (Å²) in [4.78, 5) is 23.0. The minimum absolute atomic E-state index is 0.134. The second kappa shape index (κ2) is 9.01. The summed E-state index contributed by atoms with van der Waals surface area (Å²) in [7, 11) is -3.76. The largest absolute Gasteiger partial charge is 0.381 e. The van der Waals surface area contributed by atoms with Gasteiger partial charge in [0.25, 0.3) is 11.6 Å². The van der Waals surface area contributed by atoms with Crippen molar-refractivity contribution >= 4 is 27.2 Å². The van der Waals surface area contributed by atoms with Crippen LogP contribution in [0.15, 0.2) is 53.4 Å². The van der Waals surface area contributed by atoms with Gasteiger partial charge in [-0.05, 0) is 43.0 Å². The number of amides is 1. The van der Waals surface area contributed by atoms with E-state index in [0.29, 0.717) is 25.7 Å². The molecule has 3 N–H and O–H groups in total.